The van der Waals surface area contributed by atoms with E-state index in [-0.39, 0.29) is 0 Å². The molecule has 0 fully saturated rings. The van der Waals surface area contributed by atoms with Crippen molar-refractivity contribution in [2.75, 3.05) is 0 Å². The number of aliphatic hydroxyl groups excluding tert-OH is 1. The van der Waals surface area contributed by atoms with Crippen LogP contribution in [0.2, 0.25) is 0 Å². The quantitative estimate of drug-likeness (QED) is 0.613. The van der Waals surface area contributed by atoms with Gasteiger partial charge in [0.25, 0.3) is 0 Å². The van der Waals surface area contributed by atoms with E-state index >= 15 is 0 Å². The minimum Gasteiger partial charge on any atom is -0.508 e. The number of allylic oxidation sites excluding steroid dienone is 3. The van der Waals surface area contributed by atoms with Crippen LogP contribution >= 0.6 is 0 Å². The predicted molar refractivity (Wildman–Crippen MR) is 49.6 cm³/mol. The zero-order valence-electron chi connectivity index (χ0n) is 7.67. The highest BCUT2D eigenvalue weighted by Gasteiger charge is 2.03. The first-order valence-corrected chi connectivity index (χ1v) is 4.40. The molecule has 1 aliphatic rings. The summed E-state index contributed by atoms with van der Waals surface area (Å²) in [6.45, 7) is 6.16. The molecular weight excluding hydrogens is 136 g/mol. The molecule has 0 saturated heterocycles. The van der Waals surface area contributed by atoms with Crippen LogP contribution in [-0.4, -0.2) is 5.11 Å². The molecule has 0 aliphatic heterocycles. The highest BCUT2D eigenvalue weighted by Crippen LogP contribution is 2.16. The molecule has 0 bridgehead atoms. The van der Waals surface area contributed by atoms with E-state index in [0.29, 0.717) is 11.7 Å². The monoisotopic (exact) mass is 154 g/mol. The summed E-state index contributed by atoms with van der Waals surface area (Å²) in [6, 6.07) is 0. The van der Waals surface area contributed by atoms with Gasteiger partial charge in [-0.05, 0) is 30.9 Å². The lowest BCUT2D eigenvalue weighted by atomic mass is 9.98. The van der Waals surface area contributed by atoms with Crippen LogP contribution < -0.4 is 0 Å². The van der Waals surface area contributed by atoms with Crippen molar-refractivity contribution >= 4 is 0 Å². The number of hydrogen-bond acceptors (Lipinski definition) is 1. The first-order valence-electron chi connectivity index (χ1n) is 4.40. The van der Waals surface area contributed by atoms with E-state index in [4.69, 9.17) is 5.11 Å². The van der Waals surface area contributed by atoms with Crippen LogP contribution in [0.25, 0.3) is 0 Å². The normalized spacial score (nSPS) is 21.7. The zero-order chi connectivity index (χ0) is 8.69. The Bertz CT molecular complexity index is 145. The van der Waals surface area contributed by atoms with E-state index in [0.717, 1.165) is 6.42 Å². The average molecular weight is 154 g/mol. The lowest BCUT2D eigenvalue weighted by Crippen LogP contribution is -1.96. The van der Waals surface area contributed by atoms with Gasteiger partial charge in [0.15, 0.2) is 0 Å². The predicted octanol–water partition coefficient (Wildman–Crippen LogP) is 3.44. The topological polar surface area (TPSA) is 20.2 Å². The Morgan fingerprint density at radius 2 is 2.18 bits per heavy atom. The lowest BCUT2D eigenvalue weighted by Gasteiger charge is -2.09. The fraction of sp³-hybridized carbons (Fsp3) is 0.600. The second-order valence-electron chi connectivity index (χ2n) is 2.39. The third kappa shape index (κ3) is 3.87. The van der Waals surface area contributed by atoms with Gasteiger partial charge < -0.3 is 5.11 Å². The number of hydrogen-bond donors (Lipinski definition) is 1. The van der Waals surface area contributed by atoms with Gasteiger partial charge in [-0.3, -0.25) is 0 Å². The molecular formula is C10H18O. The molecule has 1 heteroatoms. The Balaban J connectivity index is 0.000000461. The van der Waals surface area contributed by atoms with Gasteiger partial charge in [0.1, 0.15) is 5.76 Å². The Labute approximate surface area is 69.4 Å². The van der Waals surface area contributed by atoms with Crippen molar-refractivity contribution < 1.29 is 5.11 Å². The van der Waals surface area contributed by atoms with Gasteiger partial charge in [-0.15, -0.1) is 0 Å². The molecule has 0 aromatic rings. The van der Waals surface area contributed by atoms with E-state index in [9.17, 15) is 0 Å². The standard InChI is InChI=1S/C8H12O.C2H6/c1-2-7-3-5-8(9)6-4-7;1-2/h3,5-7,9H,2,4H2,1H3;1-2H3/t7-;/m0./s1. The van der Waals surface area contributed by atoms with Crippen molar-refractivity contribution in [3.05, 3.63) is 24.0 Å². The molecule has 1 rings (SSSR count). The Morgan fingerprint density at radius 1 is 1.55 bits per heavy atom. The van der Waals surface area contributed by atoms with Crippen molar-refractivity contribution in [3.63, 3.8) is 0 Å². The van der Waals surface area contributed by atoms with Gasteiger partial charge in [0, 0.05) is 0 Å². The highest BCUT2D eigenvalue weighted by atomic mass is 16.3. The van der Waals surface area contributed by atoms with Crippen LogP contribution in [0.1, 0.15) is 33.6 Å². The maximum absolute atomic E-state index is 8.90. The van der Waals surface area contributed by atoms with Crippen LogP contribution in [-0.2, 0) is 0 Å². The number of rotatable bonds is 1. The van der Waals surface area contributed by atoms with Crippen LogP contribution in [0, 0.1) is 5.92 Å². The van der Waals surface area contributed by atoms with Crippen molar-refractivity contribution in [1.29, 1.82) is 0 Å². The Kier molecular flexibility index (Phi) is 5.63. The minimum absolute atomic E-state index is 0.416. The molecule has 1 aliphatic carbocycles. The molecule has 0 unspecified atom stereocenters. The fourth-order valence-corrected chi connectivity index (χ4v) is 0.956. The molecule has 0 aromatic heterocycles. The smallest absolute Gasteiger partial charge is 0.111 e. The molecule has 0 spiro atoms. The van der Waals surface area contributed by atoms with E-state index in [2.05, 4.69) is 13.0 Å². The summed E-state index contributed by atoms with van der Waals surface area (Å²) < 4.78 is 0. The minimum atomic E-state index is 0.416. The highest BCUT2D eigenvalue weighted by molar-refractivity contribution is 5.16. The number of aliphatic hydroxyl groups is 1. The molecule has 1 atom stereocenters. The first-order chi connectivity index (χ1) is 5.33. The first kappa shape index (κ1) is 10.3. The molecule has 0 amide bonds. The molecule has 0 saturated carbocycles. The van der Waals surface area contributed by atoms with Crippen LogP contribution in [0.15, 0.2) is 24.0 Å². The molecule has 0 radical (unpaired) electrons. The Morgan fingerprint density at radius 3 is 2.55 bits per heavy atom. The molecule has 64 valence electrons. The largest absolute Gasteiger partial charge is 0.508 e. The SMILES string of the molecule is CC.CC[C@H]1C=CC(O)=CC1. The van der Waals surface area contributed by atoms with E-state index < -0.39 is 0 Å². The Hall–Kier alpha value is -0.720. The van der Waals surface area contributed by atoms with Gasteiger partial charge in [0.2, 0.25) is 0 Å². The molecule has 1 N–H and O–H groups in total. The van der Waals surface area contributed by atoms with Gasteiger partial charge in [-0.1, -0.05) is 26.8 Å². The van der Waals surface area contributed by atoms with E-state index in [1.54, 1.807) is 6.08 Å². The molecule has 0 heterocycles. The van der Waals surface area contributed by atoms with Crippen LogP contribution in [0.4, 0.5) is 0 Å². The summed E-state index contributed by atoms with van der Waals surface area (Å²) in [5.41, 5.74) is 0. The van der Waals surface area contributed by atoms with E-state index in [1.165, 1.54) is 6.42 Å². The second kappa shape index (κ2) is 6.02. The van der Waals surface area contributed by atoms with Crippen molar-refractivity contribution in [3.8, 4) is 0 Å². The van der Waals surface area contributed by atoms with Crippen LogP contribution in [0.5, 0.6) is 0 Å². The van der Waals surface area contributed by atoms with Crippen molar-refractivity contribution in [2.24, 2.45) is 5.92 Å². The summed E-state index contributed by atoms with van der Waals surface area (Å²) in [5, 5.41) is 8.90. The lowest BCUT2D eigenvalue weighted by molar-refractivity contribution is 0.420. The summed E-state index contributed by atoms with van der Waals surface area (Å²) in [7, 11) is 0. The van der Waals surface area contributed by atoms with Crippen LogP contribution in [0.3, 0.4) is 0 Å². The van der Waals surface area contributed by atoms with Crippen molar-refractivity contribution in [1.82, 2.24) is 0 Å². The fourth-order valence-electron chi connectivity index (χ4n) is 0.956. The summed E-state index contributed by atoms with van der Waals surface area (Å²) >= 11 is 0. The van der Waals surface area contributed by atoms with Gasteiger partial charge >= 0.3 is 0 Å². The molecule has 11 heavy (non-hydrogen) atoms. The summed E-state index contributed by atoms with van der Waals surface area (Å²) in [6.07, 6.45) is 7.88. The van der Waals surface area contributed by atoms with Gasteiger partial charge in [-0.2, -0.15) is 0 Å². The maximum atomic E-state index is 8.90. The summed E-state index contributed by atoms with van der Waals surface area (Å²) in [4.78, 5) is 0. The third-order valence-corrected chi connectivity index (χ3v) is 1.69. The van der Waals surface area contributed by atoms with E-state index in [1.807, 2.05) is 19.9 Å². The van der Waals surface area contributed by atoms with Crippen molar-refractivity contribution in [2.45, 2.75) is 33.6 Å². The maximum Gasteiger partial charge on any atom is 0.111 e. The molecule has 0 aromatic carbocycles. The van der Waals surface area contributed by atoms with Gasteiger partial charge in [-0.25, -0.2) is 0 Å². The zero-order valence-corrected chi connectivity index (χ0v) is 7.67. The summed E-state index contributed by atoms with van der Waals surface area (Å²) in [5.74, 6) is 1.07. The molecule has 1 nitrogen and oxygen atoms in total. The third-order valence-electron chi connectivity index (χ3n) is 1.69. The van der Waals surface area contributed by atoms with Gasteiger partial charge in [0.05, 0.1) is 0 Å². The average Bonchev–Trinajstić information content (AvgIpc) is 2.10. The second-order valence-corrected chi connectivity index (χ2v) is 2.39.